The Hall–Kier alpha value is -1.59. The zero-order valence-electron chi connectivity index (χ0n) is 32.6. The van der Waals surface area contributed by atoms with Crippen LogP contribution in [0.2, 0.25) is 0 Å². The molecule has 0 radical (unpaired) electrons. The van der Waals surface area contributed by atoms with E-state index in [1.165, 1.54) is 116 Å². The van der Waals surface area contributed by atoms with Gasteiger partial charge in [-0.25, -0.2) is 0 Å². The third-order valence-electron chi connectivity index (χ3n) is 15.3. The van der Waals surface area contributed by atoms with Crippen LogP contribution < -0.4 is 0 Å². The van der Waals surface area contributed by atoms with E-state index in [-0.39, 0.29) is 35.9 Å². The average molecular weight is 706 g/mol. The summed E-state index contributed by atoms with van der Waals surface area (Å²) in [7, 11) is 0. The molecule has 7 aliphatic rings. The predicted octanol–water partition coefficient (Wildman–Crippen LogP) is 10.5. The second kappa shape index (κ2) is 18.6. The van der Waals surface area contributed by atoms with Crippen LogP contribution in [0.5, 0.6) is 0 Å². The van der Waals surface area contributed by atoms with Crippen molar-refractivity contribution in [3.05, 3.63) is 0 Å². The third-order valence-corrected chi connectivity index (χ3v) is 15.3. The summed E-state index contributed by atoms with van der Waals surface area (Å²) in [5, 5.41) is 0. The Labute approximate surface area is 312 Å². The highest BCUT2D eigenvalue weighted by molar-refractivity contribution is 5.81. The van der Waals surface area contributed by atoms with E-state index < -0.39 is 0 Å². The number of carbonyl (C=O) groups is 3. The van der Waals surface area contributed by atoms with Gasteiger partial charge in [-0.2, -0.15) is 0 Å². The summed E-state index contributed by atoms with van der Waals surface area (Å²) in [4.78, 5) is 52.4. The molecule has 0 N–H and O–H groups in total. The lowest BCUT2D eigenvalue weighted by molar-refractivity contribution is -0.152. The van der Waals surface area contributed by atoms with Crippen molar-refractivity contribution in [2.75, 3.05) is 0 Å². The quantitative estimate of drug-likeness (QED) is 0.240. The number of hydrogen-bond donors (Lipinski definition) is 0. The Morgan fingerprint density at radius 1 is 0.255 bits per heavy atom. The SMILES string of the molecule is O=C(C1CCCCC1)N(C1CCCCC1)C1CC(N(C(=O)C2CCCCC2)C2CCCCC2)CC(N(C(=O)C2CCCCC2)C2CCCCC2)C1. The first-order valence-electron chi connectivity index (χ1n) is 23.0. The van der Waals surface area contributed by atoms with Crippen molar-refractivity contribution < 1.29 is 14.4 Å². The molecular formula is C45H75N3O3. The van der Waals surface area contributed by atoms with E-state index in [2.05, 4.69) is 14.7 Å². The molecule has 0 spiro atoms. The van der Waals surface area contributed by atoms with Gasteiger partial charge in [-0.3, -0.25) is 14.4 Å². The van der Waals surface area contributed by atoms with Crippen LogP contribution in [-0.2, 0) is 14.4 Å². The maximum atomic E-state index is 15.0. The van der Waals surface area contributed by atoms with Gasteiger partial charge in [0.15, 0.2) is 0 Å². The standard InChI is InChI=1S/C45H75N3O3/c49-43(34-19-7-1-8-20-34)46(37-25-13-4-14-26-37)40-31-41(47(38-27-15-5-16-28-38)44(50)35-21-9-2-10-22-35)33-42(32-40)48(39-29-17-6-18-30-39)45(51)36-23-11-3-12-24-36/h34-42H,1-33H2. The van der Waals surface area contributed by atoms with Crippen LogP contribution in [0.15, 0.2) is 0 Å². The Bertz CT molecular complexity index is 962. The largest absolute Gasteiger partial charge is 0.336 e. The number of hydrogen-bond acceptors (Lipinski definition) is 3. The predicted molar refractivity (Wildman–Crippen MR) is 206 cm³/mol. The minimum atomic E-state index is 0.127. The van der Waals surface area contributed by atoms with Gasteiger partial charge in [0, 0.05) is 54.0 Å². The maximum absolute atomic E-state index is 15.0. The van der Waals surface area contributed by atoms with Crippen molar-refractivity contribution in [1.29, 1.82) is 0 Å². The fraction of sp³-hybridized carbons (Fsp3) is 0.933. The minimum Gasteiger partial charge on any atom is -0.336 e. The van der Waals surface area contributed by atoms with E-state index in [1.54, 1.807) is 0 Å². The number of nitrogens with zero attached hydrogens (tertiary/aromatic N) is 3. The van der Waals surface area contributed by atoms with Crippen LogP contribution in [-0.4, -0.2) is 68.7 Å². The topological polar surface area (TPSA) is 60.9 Å². The second-order valence-corrected chi connectivity index (χ2v) is 18.8. The van der Waals surface area contributed by atoms with Gasteiger partial charge < -0.3 is 14.7 Å². The van der Waals surface area contributed by atoms with Gasteiger partial charge in [-0.15, -0.1) is 0 Å². The summed E-state index contributed by atoms with van der Waals surface area (Å²) in [6, 6.07) is 1.36. The maximum Gasteiger partial charge on any atom is 0.226 e. The first-order valence-corrected chi connectivity index (χ1v) is 23.0. The number of rotatable bonds is 9. The van der Waals surface area contributed by atoms with Gasteiger partial charge in [0.05, 0.1) is 0 Å². The van der Waals surface area contributed by atoms with Crippen molar-refractivity contribution >= 4 is 17.7 Å². The van der Waals surface area contributed by atoms with Crippen molar-refractivity contribution in [1.82, 2.24) is 14.7 Å². The lowest BCUT2D eigenvalue weighted by Crippen LogP contribution is -2.62. The zero-order chi connectivity index (χ0) is 35.0. The van der Waals surface area contributed by atoms with Crippen molar-refractivity contribution in [3.63, 3.8) is 0 Å². The first-order chi connectivity index (χ1) is 25.1. The molecule has 7 saturated carbocycles. The van der Waals surface area contributed by atoms with E-state index in [0.717, 1.165) is 96.3 Å². The first kappa shape index (κ1) is 37.7. The summed E-state index contributed by atoms with van der Waals surface area (Å²) in [6.45, 7) is 0. The fourth-order valence-electron chi connectivity index (χ4n) is 12.6. The molecule has 0 aliphatic heterocycles. The highest BCUT2D eigenvalue weighted by Crippen LogP contribution is 2.42. The Kier molecular flexibility index (Phi) is 13.8. The summed E-state index contributed by atoms with van der Waals surface area (Å²) in [6.07, 6.45) is 37.9. The van der Waals surface area contributed by atoms with E-state index in [4.69, 9.17) is 0 Å². The smallest absolute Gasteiger partial charge is 0.226 e. The fourth-order valence-corrected chi connectivity index (χ4v) is 12.6. The van der Waals surface area contributed by atoms with Crippen LogP contribution in [0.25, 0.3) is 0 Å². The molecule has 0 atom stereocenters. The van der Waals surface area contributed by atoms with Crippen molar-refractivity contribution in [2.24, 2.45) is 17.8 Å². The van der Waals surface area contributed by atoms with E-state index >= 15 is 0 Å². The van der Waals surface area contributed by atoms with Crippen LogP contribution in [0.3, 0.4) is 0 Å². The van der Waals surface area contributed by atoms with Gasteiger partial charge in [-0.1, -0.05) is 116 Å². The molecule has 0 aromatic rings. The van der Waals surface area contributed by atoms with Gasteiger partial charge in [-0.05, 0) is 96.3 Å². The molecule has 7 fully saturated rings. The van der Waals surface area contributed by atoms with Crippen LogP contribution in [0.1, 0.15) is 212 Å². The Balaban J connectivity index is 1.27. The molecule has 0 saturated heterocycles. The minimum absolute atomic E-state index is 0.127. The molecule has 3 amide bonds. The summed E-state index contributed by atoms with van der Waals surface area (Å²) in [5.41, 5.74) is 0. The number of carbonyl (C=O) groups excluding carboxylic acids is 3. The van der Waals surface area contributed by atoms with Gasteiger partial charge >= 0.3 is 0 Å². The van der Waals surface area contributed by atoms with E-state index in [1.807, 2.05) is 0 Å². The molecule has 0 unspecified atom stereocenters. The summed E-state index contributed by atoms with van der Waals surface area (Å²) < 4.78 is 0. The monoisotopic (exact) mass is 706 g/mol. The highest BCUT2D eigenvalue weighted by atomic mass is 16.2. The molecule has 7 aliphatic carbocycles. The summed E-state index contributed by atoms with van der Waals surface area (Å²) in [5.74, 6) is 1.81. The van der Waals surface area contributed by atoms with Crippen molar-refractivity contribution in [3.8, 4) is 0 Å². The zero-order valence-corrected chi connectivity index (χ0v) is 32.6. The Morgan fingerprint density at radius 3 is 0.667 bits per heavy atom. The van der Waals surface area contributed by atoms with Crippen LogP contribution in [0.4, 0.5) is 0 Å². The molecule has 0 bridgehead atoms. The molecule has 0 aromatic heterocycles. The van der Waals surface area contributed by atoms with E-state index in [9.17, 15) is 14.4 Å². The molecule has 6 nitrogen and oxygen atoms in total. The van der Waals surface area contributed by atoms with Gasteiger partial charge in [0.1, 0.15) is 0 Å². The molecule has 0 heterocycles. The van der Waals surface area contributed by atoms with Crippen molar-refractivity contribution in [2.45, 2.75) is 248 Å². The third kappa shape index (κ3) is 9.21. The molecule has 288 valence electrons. The van der Waals surface area contributed by atoms with Gasteiger partial charge in [0.2, 0.25) is 17.7 Å². The van der Waals surface area contributed by atoms with E-state index in [0.29, 0.717) is 35.8 Å². The Morgan fingerprint density at radius 2 is 0.451 bits per heavy atom. The second-order valence-electron chi connectivity index (χ2n) is 18.8. The molecule has 0 aromatic carbocycles. The molecule has 7 rings (SSSR count). The molecule has 6 heteroatoms. The molecular weight excluding hydrogens is 631 g/mol. The lowest BCUT2D eigenvalue weighted by atomic mass is 9.77. The van der Waals surface area contributed by atoms with Gasteiger partial charge in [0.25, 0.3) is 0 Å². The number of amides is 3. The average Bonchev–Trinajstić information content (AvgIpc) is 3.20. The van der Waals surface area contributed by atoms with Crippen LogP contribution >= 0.6 is 0 Å². The summed E-state index contributed by atoms with van der Waals surface area (Å²) >= 11 is 0. The molecule has 51 heavy (non-hydrogen) atoms. The van der Waals surface area contributed by atoms with Crippen LogP contribution in [0, 0.1) is 17.8 Å². The highest BCUT2D eigenvalue weighted by Gasteiger charge is 2.48. The normalized spacial score (nSPS) is 30.5. The lowest BCUT2D eigenvalue weighted by Gasteiger charge is -2.54.